The van der Waals surface area contributed by atoms with Gasteiger partial charge in [-0.25, -0.2) is 4.79 Å². The number of carboxylic acid groups (broad SMARTS) is 1. The highest BCUT2D eigenvalue weighted by atomic mass is 32.1. The highest BCUT2D eigenvalue weighted by Gasteiger charge is 2.39. The minimum Gasteiger partial charge on any atom is -0.481 e. The Bertz CT molecular complexity index is 465. The molecule has 0 bridgehead atoms. The standard InChI is InChI=1S/C12H17N3O4S/c1-2-15(10-6-19-5-9(10)11(16)17)12(18)14-4-8-3-13-7-20-8/h3,7,9-10H,2,4-6H2,1H3,(H,14,18)(H,16,17). The van der Waals surface area contributed by atoms with Crippen molar-refractivity contribution in [2.24, 2.45) is 5.92 Å². The summed E-state index contributed by atoms with van der Waals surface area (Å²) in [6.07, 6.45) is 1.69. The third-order valence-electron chi connectivity index (χ3n) is 3.27. The fraction of sp³-hybridized carbons (Fsp3) is 0.583. The molecule has 2 heterocycles. The largest absolute Gasteiger partial charge is 0.481 e. The third-order valence-corrected chi connectivity index (χ3v) is 4.05. The number of rotatable bonds is 5. The van der Waals surface area contributed by atoms with Gasteiger partial charge in [0.1, 0.15) is 5.92 Å². The van der Waals surface area contributed by atoms with Crippen molar-refractivity contribution in [3.05, 3.63) is 16.6 Å². The molecule has 7 nitrogen and oxygen atoms in total. The first kappa shape index (κ1) is 14.7. The summed E-state index contributed by atoms with van der Waals surface area (Å²) >= 11 is 1.46. The number of carboxylic acids is 1. The zero-order valence-electron chi connectivity index (χ0n) is 11.1. The zero-order chi connectivity index (χ0) is 14.5. The van der Waals surface area contributed by atoms with E-state index >= 15 is 0 Å². The van der Waals surface area contributed by atoms with Gasteiger partial charge in [0.25, 0.3) is 0 Å². The van der Waals surface area contributed by atoms with E-state index in [0.717, 1.165) is 4.88 Å². The van der Waals surface area contributed by atoms with Gasteiger partial charge < -0.3 is 20.1 Å². The summed E-state index contributed by atoms with van der Waals surface area (Å²) in [5.74, 6) is -1.59. The van der Waals surface area contributed by atoms with E-state index in [4.69, 9.17) is 9.84 Å². The van der Waals surface area contributed by atoms with Crippen LogP contribution in [0.1, 0.15) is 11.8 Å². The predicted octanol–water partition coefficient (Wildman–Crippen LogP) is 0.774. The molecule has 1 saturated heterocycles. The fourth-order valence-electron chi connectivity index (χ4n) is 2.21. The summed E-state index contributed by atoms with van der Waals surface area (Å²) in [5.41, 5.74) is 1.70. The Hall–Kier alpha value is -1.67. The summed E-state index contributed by atoms with van der Waals surface area (Å²) < 4.78 is 5.20. The van der Waals surface area contributed by atoms with Crippen LogP contribution in [0.3, 0.4) is 0 Å². The smallest absolute Gasteiger partial charge is 0.318 e. The Balaban J connectivity index is 1.96. The van der Waals surface area contributed by atoms with Crippen molar-refractivity contribution < 1.29 is 19.4 Å². The van der Waals surface area contributed by atoms with Crippen molar-refractivity contribution in [1.82, 2.24) is 15.2 Å². The first-order valence-corrected chi connectivity index (χ1v) is 7.23. The van der Waals surface area contributed by atoms with Gasteiger partial charge in [-0.1, -0.05) is 0 Å². The first-order valence-electron chi connectivity index (χ1n) is 6.35. The maximum Gasteiger partial charge on any atom is 0.318 e. The van der Waals surface area contributed by atoms with Gasteiger partial charge in [0, 0.05) is 17.6 Å². The number of ether oxygens (including phenoxy) is 1. The second-order valence-corrected chi connectivity index (χ2v) is 5.43. The van der Waals surface area contributed by atoms with Crippen LogP contribution in [0.25, 0.3) is 0 Å². The molecule has 110 valence electrons. The highest BCUT2D eigenvalue weighted by Crippen LogP contribution is 2.20. The molecule has 0 aromatic carbocycles. The number of carbonyl (C=O) groups is 2. The molecule has 2 amide bonds. The molecule has 0 aliphatic carbocycles. The molecule has 0 radical (unpaired) electrons. The lowest BCUT2D eigenvalue weighted by Crippen LogP contribution is -2.50. The number of thiazole rings is 1. The molecule has 1 aliphatic rings. The van der Waals surface area contributed by atoms with Crippen LogP contribution >= 0.6 is 11.3 Å². The number of likely N-dealkylation sites (N-methyl/N-ethyl adjacent to an activating group) is 1. The predicted molar refractivity (Wildman–Crippen MR) is 72.5 cm³/mol. The zero-order valence-corrected chi connectivity index (χ0v) is 11.9. The molecule has 1 aromatic heterocycles. The van der Waals surface area contributed by atoms with Gasteiger partial charge in [0.15, 0.2) is 0 Å². The van der Waals surface area contributed by atoms with E-state index in [0.29, 0.717) is 13.1 Å². The average Bonchev–Trinajstić information content (AvgIpc) is 3.08. The van der Waals surface area contributed by atoms with Crippen LogP contribution < -0.4 is 5.32 Å². The van der Waals surface area contributed by atoms with Crippen molar-refractivity contribution in [2.45, 2.75) is 19.5 Å². The van der Waals surface area contributed by atoms with E-state index in [1.165, 1.54) is 16.2 Å². The molecule has 1 aromatic rings. The minimum absolute atomic E-state index is 0.151. The normalized spacial score (nSPS) is 21.6. The molecule has 8 heteroatoms. The quantitative estimate of drug-likeness (QED) is 0.838. The first-order chi connectivity index (χ1) is 9.63. The molecule has 2 rings (SSSR count). The van der Waals surface area contributed by atoms with Crippen molar-refractivity contribution in [2.75, 3.05) is 19.8 Å². The number of nitrogens with one attached hydrogen (secondary N) is 1. The third kappa shape index (κ3) is 3.26. The fourth-order valence-corrected chi connectivity index (χ4v) is 2.74. The SMILES string of the molecule is CCN(C(=O)NCc1cncs1)C1COCC1C(=O)O. The van der Waals surface area contributed by atoms with Crippen LogP contribution in [0.5, 0.6) is 0 Å². The number of amides is 2. The number of hydrogen-bond donors (Lipinski definition) is 2. The minimum atomic E-state index is -0.929. The monoisotopic (exact) mass is 299 g/mol. The van der Waals surface area contributed by atoms with Crippen molar-refractivity contribution in [3.8, 4) is 0 Å². The second kappa shape index (κ2) is 6.67. The summed E-state index contributed by atoms with van der Waals surface area (Å²) in [4.78, 5) is 29.7. The Morgan fingerprint density at radius 1 is 1.60 bits per heavy atom. The van der Waals surface area contributed by atoms with Gasteiger partial charge in [-0.2, -0.15) is 0 Å². The number of aliphatic carboxylic acids is 1. The van der Waals surface area contributed by atoms with Crippen LogP contribution in [0.2, 0.25) is 0 Å². The van der Waals surface area contributed by atoms with E-state index in [-0.39, 0.29) is 19.2 Å². The molecule has 2 N–H and O–H groups in total. The van der Waals surface area contributed by atoms with Crippen molar-refractivity contribution >= 4 is 23.3 Å². The van der Waals surface area contributed by atoms with Gasteiger partial charge >= 0.3 is 12.0 Å². The van der Waals surface area contributed by atoms with Crippen LogP contribution in [-0.4, -0.2) is 52.8 Å². The van der Waals surface area contributed by atoms with Crippen LogP contribution in [-0.2, 0) is 16.1 Å². The Kier molecular flexibility index (Phi) is 4.91. The molecule has 1 aliphatic heterocycles. The number of hydrogen-bond acceptors (Lipinski definition) is 5. The molecule has 0 saturated carbocycles. The van der Waals surface area contributed by atoms with Crippen LogP contribution in [0, 0.1) is 5.92 Å². The van der Waals surface area contributed by atoms with E-state index in [1.54, 1.807) is 11.7 Å². The van der Waals surface area contributed by atoms with Crippen LogP contribution in [0.15, 0.2) is 11.7 Å². The number of aromatic nitrogens is 1. The maximum atomic E-state index is 12.2. The second-order valence-electron chi connectivity index (χ2n) is 4.46. The number of nitrogens with zero attached hydrogens (tertiary/aromatic N) is 2. The molecule has 2 atom stereocenters. The van der Waals surface area contributed by atoms with Crippen LogP contribution in [0.4, 0.5) is 4.79 Å². The van der Waals surface area contributed by atoms with Gasteiger partial charge in [-0.05, 0) is 6.92 Å². The average molecular weight is 299 g/mol. The van der Waals surface area contributed by atoms with E-state index < -0.39 is 17.9 Å². The number of urea groups is 1. The Morgan fingerprint density at radius 3 is 3.00 bits per heavy atom. The molecule has 20 heavy (non-hydrogen) atoms. The van der Waals surface area contributed by atoms with Gasteiger partial charge in [0.05, 0.1) is 31.3 Å². The highest BCUT2D eigenvalue weighted by molar-refractivity contribution is 7.09. The summed E-state index contributed by atoms with van der Waals surface area (Å²) in [6, 6.07) is -0.693. The van der Waals surface area contributed by atoms with Crippen molar-refractivity contribution in [3.63, 3.8) is 0 Å². The van der Waals surface area contributed by atoms with Crippen molar-refractivity contribution in [1.29, 1.82) is 0 Å². The lowest BCUT2D eigenvalue weighted by Gasteiger charge is -2.29. The Labute approximate surface area is 120 Å². The molecule has 1 fully saturated rings. The molecule has 2 unspecified atom stereocenters. The number of carbonyl (C=O) groups excluding carboxylic acids is 1. The van der Waals surface area contributed by atoms with E-state index in [9.17, 15) is 9.59 Å². The van der Waals surface area contributed by atoms with Gasteiger partial charge in [0.2, 0.25) is 0 Å². The Morgan fingerprint density at radius 2 is 2.40 bits per heavy atom. The van der Waals surface area contributed by atoms with E-state index in [2.05, 4.69) is 10.3 Å². The van der Waals surface area contributed by atoms with E-state index in [1.807, 2.05) is 6.92 Å². The molecular formula is C12H17N3O4S. The lowest BCUT2D eigenvalue weighted by atomic mass is 10.0. The summed E-state index contributed by atoms with van der Waals surface area (Å²) in [7, 11) is 0. The topological polar surface area (TPSA) is 91.8 Å². The lowest BCUT2D eigenvalue weighted by molar-refractivity contribution is -0.142. The maximum absolute atomic E-state index is 12.2. The van der Waals surface area contributed by atoms with Gasteiger partial charge in [-0.3, -0.25) is 9.78 Å². The summed E-state index contributed by atoms with van der Waals surface area (Å²) in [5, 5.41) is 11.9. The molecular weight excluding hydrogens is 282 g/mol. The van der Waals surface area contributed by atoms with Gasteiger partial charge in [-0.15, -0.1) is 11.3 Å². The molecule has 0 spiro atoms. The summed E-state index contributed by atoms with van der Waals surface area (Å²) in [6.45, 7) is 3.07.